The van der Waals surface area contributed by atoms with Crippen molar-refractivity contribution < 1.29 is 19.4 Å². The molecule has 0 saturated carbocycles. The van der Waals surface area contributed by atoms with E-state index >= 15 is 0 Å². The number of rotatable bonds is 8. The lowest BCUT2D eigenvalue weighted by atomic mass is 9.72. The fraction of sp³-hybridized carbons (Fsp3) is 0.556. The topological polar surface area (TPSA) is 78.9 Å². The van der Waals surface area contributed by atoms with Crippen LogP contribution in [0, 0.1) is 5.41 Å². The Hall–Kier alpha value is -2.44. The lowest BCUT2D eigenvalue weighted by Crippen LogP contribution is -2.53. The van der Waals surface area contributed by atoms with Crippen molar-refractivity contribution in [2.24, 2.45) is 5.41 Å². The van der Waals surface area contributed by atoms with Crippen molar-refractivity contribution in [2.45, 2.75) is 59.9 Å². The second-order valence-electron chi connectivity index (χ2n) is 9.60. The Balaban J connectivity index is 1.93. The highest BCUT2D eigenvalue weighted by atomic mass is 16.5. The molecule has 1 aliphatic heterocycles. The lowest BCUT2D eigenvalue weighted by molar-refractivity contribution is -0.140. The maximum atomic E-state index is 12.5. The predicted molar refractivity (Wildman–Crippen MR) is 133 cm³/mol. The summed E-state index contributed by atoms with van der Waals surface area (Å²) in [6, 6.07) is -0.947. The minimum absolute atomic E-state index is 0.219. The first kappa shape index (κ1) is 26.8. The average Bonchev–Trinajstić information content (AvgIpc) is 2.76. The summed E-state index contributed by atoms with van der Waals surface area (Å²) in [5.74, 6) is -0.687. The third kappa shape index (κ3) is 8.45. The Labute approximate surface area is 198 Å². The van der Waals surface area contributed by atoms with Gasteiger partial charge in [0.25, 0.3) is 0 Å². The van der Waals surface area contributed by atoms with Gasteiger partial charge in [-0.2, -0.15) is 0 Å². The van der Waals surface area contributed by atoms with Crippen LogP contribution < -0.4 is 5.32 Å². The van der Waals surface area contributed by atoms with Crippen LogP contribution in [0.5, 0.6) is 0 Å². The van der Waals surface area contributed by atoms with E-state index < -0.39 is 18.6 Å². The van der Waals surface area contributed by atoms with E-state index in [2.05, 4.69) is 45.2 Å². The number of aliphatic hydroxyl groups excluding tert-OH is 1. The van der Waals surface area contributed by atoms with Crippen molar-refractivity contribution in [3.05, 3.63) is 58.7 Å². The van der Waals surface area contributed by atoms with Crippen LogP contribution in [0.25, 0.3) is 0 Å². The maximum absolute atomic E-state index is 12.5. The van der Waals surface area contributed by atoms with Gasteiger partial charge in [0.1, 0.15) is 6.04 Å². The summed E-state index contributed by atoms with van der Waals surface area (Å²) >= 11 is 0. The first-order valence-corrected chi connectivity index (χ1v) is 11.8. The van der Waals surface area contributed by atoms with E-state index in [1.807, 2.05) is 25.2 Å². The van der Waals surface area contributed by atoms with E-state index in [0.717, 1.165) is 11.1 Å². The predicted octanol–water partition coefficient (Wildman–Crippen LogP) is 3.85. The van der Waals surface area contributed by atoms with Gasteiger partial charge in [-0.25, -0.2) is 0 Å². The Morgan fingerprint density at radius 2 is 1.88 bits per heavy atom. The molecule has 2 N–H and O–H groups in total. The number of ether oxygens (including phenoxy) is 1. The normalized spacial score (nSPS) is 21.1. The number of nitrogens with zero attached hydrogens (tertiary/aromatic N) is 1. The fourth-order valence-electron chi connectivity index (χ4n) is 4.29. The molecular formula is C27H40N2O4. The van der Waals surface area contributed by atoms with E-state index in [4.69, 9.17) is 4.74 Å². The summed E-state index contributed by atoms with van der Waals surface area (Å²) in [5.41, 5.74) is 5.01. The summed E-state index contributed by atoms with van der Waals surface area (Å²) < 4.78 is 5.24. The molecule has 1 fully saturated rings. The number of aliphatic hydroxyl groups is 1. The molecule has 0 unspecified atom stereocenters. The van der Waals surface area contributed by atoms with E-state index in [1.54, 1.807) is 4.90 Å². The smallest absolute Gasteiger partial charge is 0.247 e. The van der Waals surface area contributed by atoms with Crippen LogP contribution >= 0.6 is 0 Å². The molecule has 0 radical (unpaired) electrons. The summed E-state index contributed by atoms with van der Waals surface area (Å²) in [7, 11) is 0. The Morgan fingerprint density at radius 3 is 2.52 bits per heavy atom. The molecule has 0 bridgehead atoms. The van der Waals surface area contributed by atoms with Gasteiger partial charge in [-0.3, -0.25) is 9.59 Å². The van der Waals surface area contributed by atoms with Gasteiger partial charge in [0.15, 0.2) is 0 Å². The lowest BCUT2D eigenvalue weighted by Gasteiger charge is -2.32. The van der Waals surface area contributed by atoms with Crippen LogP contribution in [0.2, 0.25) is 0 Å². The molecule has 2 rings (SSSR count). The van der Waals surface area contributed by atoms with Crippen LogP contribution in [0.4, 0.5) is 0 Å². The molecule has 2 amide bonds. The zero-order valence-corrected chi connectivity index (χ0v) is 20.8. The standard InChI is InChI=1S/C27H40N2O4/c1-20(11-12-23-22(3)10-7-13-27(23,4)5)8-6-9-21(2)18-25(31)28-24(19-30)26(32)29-14-16-33-17-15-29/h6,8-9,11-12,18,24,30H,7,10,13-17,19H2,1-5H3,(H,28,31)/t24-/m0/s1. The van der Waals surface area contributed by atoms with Gasteiger partial charge in [0, 0.05) is 19.2 Å². The van der Waals surface area contributed by atoms with Gasteiger partial charge in [-0.1, -0.05) is 55.4 Å². The number of morpholine rings is 1. The molecule has 0 spiro atoms. The van der Waals surface area contributed by atoms with Crippen molar-refractivity contribution in [2.75, 3.05) is 32.9 Å². The highest BCUT2D eigenvalue weighted by Gasteiger charge is 2.27. The molecule has 6 nitrogen and oxygen atoms in total. The number of nitrogens with one attached hydrogen (secondary N) is 1. The van der Waals surface area contributed by atoms with Gasteiger partial charge >= 0.3 is 0 Å². The monoisotopic (exact) mass is 456 g/mol. The summed E-state index contributed by atoms with van der Waals surface area (Å²) in [6.45, 7) is 12.2. The molecule has 1 aliphatic carbocycles. The third-order valence-electron chi connectivity index (χ3n) is 6.25. The van der Waals surface area contributed by atoms with Gasteiger partial charge < -0.3 is 20.1 Å². The summed E-state index contributed by atoms with van der Waals surface area (Å²) in [6.07, 6.45) is 15.2. The largest absolute Gasteiger partial charge is 0.394 e. The second kappa shape index (κ2) is 12.7. The highest BCUT2D eigenvalue weighted by Crippen LogP contribution is 2.40. The number of carbonyl (C=O) groups is 2. The first-order chi connectivity index (χ1) is 15.6. The van der Waals surface area contributed by atoms with Crippen molar-refractivity contribution in [1.29, 1.82) is 0 Å². The average molecular weight is 457 g/mol. The minimum Gasteiger partial charge on any atom is -0.394 e. The number of allylic oxidation sites excluding steroid dienone is 9. The number of hydrogen-bond acceptors (Lipinski definition) is 4. The Kier molecular flexibility index (Phi) is 10.3. The number of hydrogen-bond donors (Lipinski definition) is 2. The van der Waals surface area contributed by atoms with Crippen molar-refractivity contribution >= 4 is 11.8 Å². The highest BCUT2D eigenvalue weighted by molar-refractivity contribution is 5.93. The van der Waals surface area contributed by atoms with Crippen molar-refractivity contribution in [3.63, 3.8) is 0 Å². The molecular weight excluding hydrogens is 416 g/mol. The Bertz CT molecular complexity index is 855. The molecule has 0 aromatic rings. The molecule has 0 aromatic carbocycles. The van der Waals surface area contributed by atoms with Crippen LogP contribution in [0.15, 0.2) is 58.7 Å². The molecule has 182 valence electrons. The molecule has 1 atom stereocenters. The van der Waals surface area contributed by atoms with Gasteiger partial charge in [0.2, 0.25) is 11.8 Å². The van der Waals surface area contributed by atoms with Gasteiger partial charge in [-0.15, -0.1) is 0 Å². The maximum Gasteiger partial charge on any atom is 0.247 e. The number of amides is 2. The Morgan fingerprint density at radius 1 is 1.18 bits per heavy atom. The van der Waals surface area contributed by atoms with Crippen LogP contribution in [0.3, 0.4) is 0 Å². The minimum atomic E-state index is -0.947. The zero-order valence-electron chi connectivity index (χ0n) is 20.8. The van der Waals surface area contributed by atoms with Gasteiger partial charge in [-0.05, 0) is 56.6 Å². The van der Waals surface area contributed by atoms with Crippen LogP contribution in [-0.4, -0.2) is 60.8 Å². The third-order valence-corrected chi connectivity index (χ3v) is 6.25. The van der Waals surface area contributed by atoms with E-state index in [9.17, 15) is 14.7 Å². The van der Waals surface area contributed by atoms with Crippen molar-refractivity contribution in [3.8, 4) is 0 Å². The molecule has 0 aromatic heterocycles. The molecule has 1 saturated heterocycles. The van der Waals surface area contributed by atoms with Gasteiger partial charge in [0.05, 0.1) is 19.8 Å². The van der Waals surface area contributed by atoms with E-state index in [1.165, 1.54) is 36.5 Å². The zero-order chi connectivity index (χ0) is 24.4. The first-order valence-electron chi connectivity index (χ1n) is 11.8. The summed E-state index contributed by atoms with van der Waals surface area (Å²) in [4.78, 5) is 26.4. The molecule has 33 heavy (non-hydrogen) atoms. The van der Waals surface area contributed by atoms with E-state index in [0.29, 0.717) is 26.3 Å². The summed E-state index contributed by atoms with van der Waals surface area (Å²) in [5, 5.41) is 12.2. The van der Waals surface area contributed by atoms with Crippen LogP contribution in [0.1, 0.15) is 53.9 Å². The fourth-order valence-corrected chi connectivity index (χ4v) is 4.29. The van der Waals surface area contributed by atoms with Crippen molar-refractivity contribution in [1.82, 2.24) is 10.2 Å². The molecule has 2 aliphatic rings. The van der Waals surface area contributed by atoms with E-state index in [-0.39, 0.29) is 11.3 Å². The second-order valence-corrected chi connectivity index (χ2v) is 9.60. The molecule has 1 heterocycles. The molecule has 6 heteroatoms. The quantitative estimate of drug-likeness (QED) is 0.430. The SMILES string of the molecule is CC(C=CC1=C(C)CCCC1(C)C)=CC=CC(C)=CC(=O)N[C@@H](CO)C(=O)N1CCOCC1. The van der Waals surface area contributed by atoms with Crippen LogP contribution in [-0.2, 0) is 14.3 Å². The number of carbonyl (C=O) groups excluding carboxylic acids is 2.